The largest absolute Gasteiger partial charge is 0.251 e. The van der Waals surface area contributed by atoms with Gasteiger partial charge >= 0.3 is 0 Å². The molecule has 0 saturated carbocycles. The van der Waals surface area contributed by atoms with E-state index in [1.807, 2.05) is 30.5 Å². The molecule has 0 fully saturated rings. The first-order valence-electron chi connectivity index (χ1n) is 9.04. The zero-order valence-corrected chi connectivity index (χ0v) is 16.3. The Kier molecular flexibility index (Phi) is 3.42. The van der Waals surface area contributed by atoms with E-state index in [2.05, 4.69) is 48.5 Å². The molecule has 28 heavy (non-hydrogen) atoms. The van der Waals surface area contributed by atoms with Crippen molar-refractivity contribution >= 4 is 64.9 Å². The van der Waals surface area contributed by atoms with Crippen LogP contribution in [0.3, 0.4) is 0 Å². The average molecular weight is 397 g/mol. The van der Waals surface area contributed by atoms with Crippen molar-refractivity contribution < 1.29 is 0 Å². The first-order chi connectivity index (χ1) is 13.8. The lowest BCUT2D eigenvalue weighted by Gasteiger charge is -2.06. The molecule has 0 atom stereocenters. The fraction of sp³-hybridized carbons (Fsp3) is 0. The minimum atomic E-state index is 0.702. The van der Waals surface area contributed by atoms with Crippen molar-refractivity contribution in [1.29, 1.82) is 0 Å². The number of thiophene rings is 1. The fourth-order valence-corrected chi connectivity index (χ4v) is 5.32. The molecule has 2 heterocycles. The Morgan fingerprint density at radius 2 is 1.46 bits per heavy atom. The molecule has 0 aliphatic rings. The number of nitrogens with zero attached hydrogens (tertiary/aromatic N) is 2. The fourth-order valence-electron chi connectivity index (χ4n) is 3.95. The van der Waals surface area contributed by atoms with Crippen LogP contribution < -0.4 is 0 Å². The van der Waals surface area contributed by atoms with Gasteiger partial charge in [0, 0.05) is 26.1 Å². The second-order valence-electron chi connectivity index (χ2n) is 6.82. The summed E-state index contributed by atoms with van der Waals surface area (Å²) in [6.45, 7) is 0. The number of benzene rings is 4. The van der Waals surface area contributed by atoms with Crippen LogP contribution in [-0.2, 0) is 0 Å². The van der Waals surface area contributed by atoms with Gasteiger partial charge in [-0.3, -0.25) is 4.98 Å². The predicted molar refractivity (Wildman–Crippen MR) is 120 cm³/mol. The molecule has 0 N–H and O–H groups in total. The summed E-state index contributed by atoms with van der Waals surface area (Å²) >= 11 is 7.87. The Bertz CT molecular complexity index is 1530. The first-order valence-corrected chi connectivity index (χ1v) is 10.2. The molecule has 0 unspecified atom stereocenters. The molecule has 4 aromatic carbocycles. The van der Waals surface area contributed by atoms with E-state index in [0.29, 0.717) is 5.02 Å². The molecule has 132 valence electrons. The Hall–Kier alpha value is -3.01. The second-order valence-corrected chi connectivity index (χ2v) is 8.25. The minimum absolute atomic E-state index is 0.702. The zero-order chi connectivity index (χ0) is 18.7. The van der Waals surface area contributed by atoms with Gasteiger partial charge in [0.05, 0.1) is 11.9 Å². The summed E-state index contributed by atoms with van der Waals surface area (Å²) in [7, 11) is 0. The van der Waals surface area contributed by atoms with E-state index in [1.54, 1.807) is 11.3 Å². The molecule has 2 nitrogen and oxygen atoms in total. The molecule has 6 rings (SSSR count). The second kappa shape index (κ2) is 5.99. The number of hydrogen-bond donors (Lipinski definition) is 0. The lowest BCUT2D eigenvalue weighted by atomic mass is 9.98. The lowest BCUT2D eigenvalue weighted by Crippen LogP contribution is -1.86. The van der Waals surface area contributed by atoms with Crippen molar-refractivity contribution in [3.8, 4) is 11.3 Å². The van der Waals surface area contributed by atoms with Crippen LogP contribution in [-0.4, -0.2) is 9.97 Å². The minimum Gasteiger partial charge on any atom is -0.251 e. The monoisotopic (exact) mass is 396 g/mol. The predicted octanol–water partition coefficient (Wildman–Crippen LogP) is 7.47. The van der Waals surface area contributed by atoms with Crippen LogP contribution >= 0.6 is 22.9 Å². The Morgan fingerprint density at radius 1 is 0.750 bits per heavy atom. The van der Waals surface area contributed by atoms with Crippen LogP contribution in [0.5, 0.6) is 0 Å². The van der Waals surface area contributed by atoms with E-state index in [1.165, 1.54) is 31.6 Å². The molecule has 0 aliphatic heterocycles. The van der Waals surface area contributed by atoms with Crippen LogP contribution in [0.4, 0.5) is 0 Å². The van der Waals surface area contributed by atoms with E-state index in [-0.39, 0.29) is 0 Å². The van der Waals surface area contributed by atoms with Gasteiger partial charge in [0.2, 0.25) is 0 Å². The maximum Gasteiger partial charge on any atom is 0.143 e. The highest BCUT2D eigenvalue weighted by molar-refractivity contribution is 7.26. The summed E-state index contributed by atoms with van der Waals surface area (Å²) in [5.41, 5.74) is 2.79. The Morgan fingerprint density at radius 3 is 2.25 bits per heavy atom. The summed E-state index contributed by atoms with van der Waals surface area (Å²) < 4.78 is 1.24. The Balaban J connectivity index is 1.76. The van der Waals surface area contributed by atoms with E-state index >= 15 is 0 Å². The number of halogens is 1. The third kappa shape index (κ3) is 2.27. The average Bonchev–Trinajstić information content (AvgIpc) is 3.13. The molecule has 0 radical (unpaired) electrons. The number of fused-ring (bicyclic) bond motifs is 8. The van der Waals surface area contributed by atoms with Gasteiger partial charge in [-0.15, -0.1) is 11.3 Å². The molecule has 4 heteroatoms. The highest BCUT2D eigenvalue weighted by atomic mass is 35.5. The van der Waals surface area contributed by atoms with Gasteiger partial charge in [-0.25, -0.2) is 4.98 Å². The van der Waals surface area contributed by atoms with Crippen molar-refractivity contribution in [1.82, 2.24) is 9.97 Å². The zero-order valence-electron chi connectivity index (χ0n) is 14.7. The van der Waals surface area contributed by atoms with E-state index in [9.17, 15) is 0 Å². The topological polar surface area (TPSA) is 25.8 Å². The maximum absolute atomic E-state index is 6.16. The van der Waals surface area contributed by atoms with Gasteiger partial charge in [0.25, 0.3) is 0 Å². The molecule has 0 aliphatic carbocycles. The molecule has 2 aromatic heterocycles. The summed E-state index contributed by atoms with van der Waals surface area (Å²) in [5, 5.41) is 6.91. The summed E-state index contributed by atoms with van der Waals surface area (Å²) in [4.78, 5) is 10.7. The van der Waals surface area contributed by atoms with Crippen molar-refractivity contribution in [2.75, 3.05) is 0 Å². The van der Waals surface area contributed by atoms with Gasteiger partial charge in [-0.05, 0) is 28.3 Å². The number of rotatable bonds is 1. The third-order valence-corrected chi connectivity index (χ3v) is 6.52. The highest BCUT2D eigenvalue weighted by Gasteiger charge is 2.16. The van der Waals surface area contributed by atoms with Crippen LogP contribution in [0.25, 0.3) is 53.2 Å². The van der Waals surface area contributed by atoms with Crippen molar-refractivity contribution in [2.45, 2.75) is 0 Å². The Labute approximate surface area is 170 Å². The molecular formula is C24H13ClN2S. The van der Waals surface area contributed by atoms with Crippen molar-refractivity contribution in [2.24, 2.45) is 0 Å². The van der Waals surface area contributed by atoms with Gasteiger partial charge < -0.3 is 0 Å². The summed E-state index contributed by atoms with van der Waals surface area (Å²) in [5.74, 6) is 0. The lowest BCUT2D eigenvalue weighted by molar-refractivity contribution is 1.32. The van der Waals surface area contributed by atoms with Gasteiger partial charge in [-0.2, -0.15) is 0 Å². The quantitative estimate of drug-likeness (QED) is 0.269. The maximum atomic E-state index is 6.16. The third-order valence-electron chi connectivity index (χ3n) is 5.18. The molecule has 0 amide bonds. The van der Waals surface area contributed by atoms with Crippen molar-refractivity contribution in [3.05, 3.63) is 84.0 Å². The first kappa shape index (κ1) is 16.0. The number of aromatic nitrogens is 2. The van der Waals surface area contributed by atoms with E-state index in [0.717, 1.165) is 21.6 Å². The van der Waals surface area contributed by atoms with Crippen LogP contribution in [0.2, 0.25) is 5.02 Å². The van der Waals surface area contributed by atoms with Crippen LogP contribution in [0.1, 0.15) is 0 Å². The van der Waals surface area contributed by atoms with E-state index < -0.39 is 0 Å². The molecular weight excluding hydrogens is 384 g/mol. The number of hydrogen-bond acceptors (Lipinski definition) is 3. The summed E-state index contributed by atoms with van der Waals surface area (Å²) in [6.07, 6.45) is 1.85. The van der Waals surface area contributed by atoms with Crippen LogP contribution in [0, 0.1) is 0 Å². The summed E-state index contributed by atoms with van der Waals surface area (Å²) in [6, 6.07) is 24.9. The van der Waals surface area contributed by atoms with Gasteiger partial charge in [0.15, 0.2) is 0 Å². The van der Waals surface area contributed by atoms with Gasteiger partial charge in [0.1, 0.15) is 10.3 Å². The molecule has 0 bridgehead atoms. The standard InChI is InChI=1S/C24H13ClN2S/c25-15-7-5-6-14(12-15)20-13-26-22-21-18-10-3-1-8-16(18)17-9-2-4-11-19(17)23(21)28-24(22)27-20/h1-13H. The highest BCUT2D eigenvalue weighted by Crippen LogP contribution is 2.42. The van der Waals surface area contributed by atoms with E-state index in [4.69, 9.17) is 21.6 Å². The SMILES string of the molecule is Clc1cccc(-c2cnc3c(n2)sc2c4ccccc4c4ccccc4c32)c1. The van der Waals surface area contributed by atoms with Crippen molar-refractivity contribution in [3.63, 3.8) is 0 Å². The van der Waals surface area contributed by atoms with Crippen LogP contribution in [0.15, 0.2) is 79.0 Å². The molecule has 6 aromatic rings. The smallest absolute Gasteiger partial charge is 0.143 e. The molecule has 0 spiro atoms. The van der Waals surface area contributed by atoms with Gasteiger partial charge in [-0.1, -0.05) is 72.3 Å². The molecule has 0 saturated heterocycles. The normalized spacial score (nSPS) is 11.8.